The number of carbonyl (C=O) groups excluding carboxylic acids is 1. The Bertz CT molecular complexity index is 408. The van der Waals surface area contributed by atoms with Crippen LogP contribution in [0.2, 0.25) is 0 Å². The van der Waals surface area contributed by atoms with Crippen LogP contribution >= 0.6 is 0 Å². The number of hydrogen-bond acceptors (Lipinski definition) is 3. The molecule has 1 amide bonds. The van der Waals surface area contributed by atoms with E-state index in [1.165, 1.54) is 5.56 Å². The summed E-state index contributed by atoms with van der Waals surface area (Å²) in [6.45, 7) is 4.81. The molecule has 1 aliphatic rings. The standard InChI is InChI=1S/C16H24N2O2/c1-2-17-15-12-20-11-14(15)16(19)18-10-6-9-13-7-4-3-5-8-13/h3-5,7-8,14-15,17H,2,6,9-12H2,1H3,(H,18,19). The van der Waals surface area contributed by atoms with E-state index < -0.39 is 0 Å². The quantitative estimate of drug-likeness (QED) is 0.739. The third-order valence-corrected chi connectivity index (χ3v) is 3.67. The molecule has 110 valence electrons. The lowest BCUT2D eigenvalue weighted by Gasteiger charge is -2.17. The van der Waals surface area contributed by atoms with Gasteiger partial charge in [0.25, 0.3) is 0 Å². The Morgan fingerprint density at radius 3 is 2.85 bits per heavy atom. The first-order chi connectivity index (χ1) is 9.81. The fourth-order valence-electron chi connectivity index (χ4n) is 2.56. The topological polar surface area (TPSA) is 50.4 Å². The van der Waals surface area contributed by atoms with Crippen LogP contribution in [0.5, 0.6) is 0 Å². The highest BCUT2D eigenvalue weighted by Gasteiger charge is 2.32. The number of amides is 1. The van der Waals surface area contributed by atoms with Crippen molar-refractivity contribution in [1.29, 1.82) is 0 Å². The number of aryl methyl sites for hydroxylation is 1. The number of rotatable bonds is 7. The van der Waals surface area contributed by atoms with Crippen LogP contribution in [0, 0.1) is 5.92 Å². The van der Waals surface area contributed by atoms with E-state index >= 15 is 0 Å². The van der Waals surface area contributed by atoms with Gasteiger partial charge in [0, 0.05) is 12.6 Å². The van der Waals surface area contributed by atoms with Crippen molar-refractivity contribution in [3.63, 3.8) is 0 Å². The zero-order valence-electron chi connectivity index (χ0n) is 12.1. The second-order valence-corrected chi connectivity index (χ2v) is 5.19. The van der Waals surface area contributed by atoms with E-state index in [-0.39, 0.29) is 17.9 Å². The largest absolute Gasteiger partial charge is 0.379 e. The van der Waals surface area contributed by atoms with Crippen molar-refractivity contribution in [3.05, 3.63) is 35.9 Å². The molecule has 2 rings (SSSR count). The third kappa shape index (κ3) is 4.32. The van der Waals surface area contributed by atoms with Gasteiger partial charge in [-0.05, 0) is 24.9 Å². The van der Waals surface area contributed by atoms with Gasteiger partial charge < -0.3 is 15.4 Å². The van der Waals surface area contributed by atoms with E-state index in [0.717, 1.165) is 25.9 Å². The van der Waals surface area contributed by atoms with Crippen molar-refractivity contribution in [2.75, 3.05) is 26.3 Å². The van der Waals surface area contributed by atoms with Gasteiger partial charge >= 0.3 is 0 Å². The minimum atomic E-state index is -0.0494. The van der Waals surface area contributed by atoms with Gasteiger partial charge in [-0.25, -0.2) is 0 Å². The van der Waals surface area contributed by atoms with E-state index in [2.05, 4.69) is 22.8 Å². The van der Waals surface area contributed by atoms with Crippen LogP contribution in [0.1, 0.15) is 18.9 Å². The fraction of sp³-hybridized carbons (Fsp3) is 0.562. The van der Waals surface area contributed by atoms with E-state index in [4.69, 9.17) is 4.74 Å². The molecule has 1 aliphatic heterocycles. The molecule has 1 aromatic rings. The predicted molar refractivity (Wildman–Crippen MR) is 79.5 cm³/mol. The Morgan fingerprint density at radius 2 is 2.10 bits per heavy atom. The molecule has 1 heterocycles. The molecule has 0 aromatic heterocycles. The maximum Gasteiger partial charge on any atom is 0.227 e. The van der Waals surface area contributed by atoms with Gasteiger partial charge in [0.15, 0.2) is 0 Å². The Kier molecular flexibility index (Phi) is 6.02. The third-order valence-electron chi connectivity index (χ3n) is 3.67. The number of carbonyl (C=O) groups is 1. The van der Waals surface area contributed by atoms with Crippen molar-refractivity contribution < 1.29 is 9.53 Å². The molecule has 1 saturated heterocycles. The summed E-state index contributed by atoms with van der Waals surface area (Å²) in [5.74, 6) is 0.0631. The van der Waals surface area contributed by atoms with Crippen molar-refractivity contribution in [1.82, 2.24) is 10.6 Å². The van der Waals surface area contributed by atoms with Crippen molar-refractivity contribution in [2.45, 2.75) is 25.8 Å². The van der Waals surface area contributed by atoms with Crippen LogP contribution < -0.4 is 10.6 Å². The number of benzene rings is 1. The summed E-state index contributed by atoms with van der Waals surface area (Å²) in [5, 5.41) is 6.33. The molecule has 2 atom stereocenters. The summed E-state index contributed by atoms with van der Waals surface area (Å²) in [5.41, 5.74) is 1.32. The van der Waals surface area contributed by atoms with Gasteiger partial charge in [0.05, 0.1) is 19.1 Å². The van der Waals surface area contributed by atoms with Crippen molar-refractivity contribution >= 4 is 5.91 Å². The smallest absolute Gasteiger partial charge is 0.227 e. The van der Waals surface area contributed by atoms with E-state index in [1.54, 1.807) is 0 Å². The molecule has 0 bridgehead atoms. The maximum absolute atomic E-state index is 12.1. The van der Waals surface area contributed by atoms with E-state index in [9.17, 15) is 4.79 Å². The molecule has 2 unspecified atom stereocenters. The Hall–Kier alpha value is -1.39. The minimum absolute atomic E-state index is 0.0494. The first-order valence-electron chi connectivity index (χ1n) is 7.44. The molecule has 0 radical (unpaired) electrons. The first-order valence-corrected chi connectivity index (χ1v) is 7.44. The number of hydrogen-bond donors (Lipinski definition) is 2. The lowest BCUT2D eigenvalue weighted by Crippen LogP contribution is -2.44. The lowest BCUT2D eigenvalue weighted by molar-refractivity contribution is -0.125. The monoisotopic (exact) mass is 276 g/mol. The zero-order valence-corrected chi connectivity index (χ0v) is 12.1. The van der Waals surface area contributed by atoms with Crippen LogP contribution in [0.3, 0.4) is 0 Å². The summed E-state index contributed by atoms with van der Waals surface area (Å²) in [4.78, 5) is 12.1. The maximum atomic E-state index is 12.1. The summed E-state index contributed by atoms with van der Waals surface area (Å²) >= 11 is 0. The molecule has 4 nitrogen and oxygen atoms in total. The Labute approximate surface area is 120 Å². The Morgan fingerprint density at radius 1 is 1.30 bits per heavy atom. The number of nitrogens with one attached hydrogen (secondary N) is 2. The highest BCUT2D eigenvalue weighted by molar-refractivity contribution is 5.79. The number of likely N-dealkylation sites (N-methyl/N-ethyl adjacent to an activating group) is 1. The summed E-state index contributed by atoms with van der Waals surface area (Å²) in [6, 6.07) is 10.5. The second kappa shape index (κ2) is 8.02. The molecular weight excluding hydrogens is 252 g/mol. The van der Waals surface area contributed by atoms with Crippen LogP contribution in [-0.2, 0) is 16.0 Å². The van der Waals surface area contributed by atoms with Crippen LogP contribution in [0.25, 0.3) is 0 Å². The van der Waals surface area contributed by atoms with Crippen LogP contribution in [-0.4, -0.2) is 38.3 Å². The zero-order chi connectivity index (χ0) is 14.2. The van der Waals surface area contributed by atoms with Gasteiger partial charge in [0.2, 0.25) is 5.91 Å². The van der Waals surface area contributed by atoms with Crippen LogP contribution in [0.15, 0.2) is 30.3 Å². The molecule has 2 N–H and O–H groups in total. The van der Waals surface area contributed by atoms with E-state index in [1.807, 2.05) is 25.1 Å². The predicted octanol–water partition coefficient (Wildman–Crippen LogP) is 1.36. The van der Waals surface area contributed by atoms with Crippen LogP contribution in [0.4, 0.5) is 0 Å². The van der Waals surface area contributed by atoms with Crippen molar-refractivity contribution in [2.24, 2.45) is 5.92 Å². The molecule has 0 saturated carbocycles. The molecule has 20 heavy (non-hydrogen) atoms. The molecule has 4 heteroatoms. The molecule has 1 aromatic carbocycles. The first kappa shape index (κ1) is 15.0. The van der Waals surface area contributed by atoms with Gasteiger partial charge in [-0.1, -0.05) is 37.3 Å². The Balaban J connectivity index is 1.67. The lowest BCUT2D eigenvalue weighted by atomic mass is 10.0. The number of ether oxygens (including phenoxy) is 1. The van der Waals surface area contributed by atoms with Crippen molar-refractivity contribution in [3.8, 4) is 0 Å². The average molecular weight is 276 g/mol. The summed E-state index contributed by atoms with van der Waals surface area (Å²) < 4.78 is 5.40. The van der Waals surface area contributed by atoms with Gasteiger partial charge in [-0.3, -0.25) is 4.79 Å². The normalized spacial score (nSPS) is 21.9. The second-order valence-electron chi connectivity index (χ2n) is 5.19. The highest BCUT2D eigenvalue weighted by atomic mass is 16.5. The van der Waals surface area contributed by atoms with Gasteiger partial charge in [0.1, 0.15) is 0 Å². The summed E-state index contributed by atoms with van der Waals surface area (Å²) in [7, 11) is 0. The molecule has 1 fully saturated rings. The molecular formula is C16H24N2O2. The fourth-order valence-corrected chi connectivity index (χ4v) is 2.56. The average Bonchev–Trinajstić information content (AvgIpc) is 2.93. The van der Waals surface area contributed by atoms with Gasteiger partial charge in [-0.15, -0.1) is 0 Å². The molecule has 0 spiro atoms. The minimum Gasteiger partial charge on any atom is -0.379 e. The van der Waals surface area contributed by atoms with Gasteiger partial charge in [-0.2, -0.15) is 0 Å². The summed E-state index contributed by atoms with van der Waals surface area (Å²) in [6.07, 6.45) is 1.97. The SMILES string of the molecule is CCNC1COCC1C(=O)NCCCc1ccccc1. The van der Waals surface area contributed by atoms with E-state index in [0.29, 0.717) is 13.2 Å². The highest BCUT2D eigenvalue weighted by Crippen LogP contribution is 2.13. The molecule has 0 aliphatic carbocycles.